The topological polar surface area (TPSA) is 52.0 Å². The van der Waals surface area contributed by atoms with E-state index in [1.54, 1.807) is 0 Å². The Morgan fingerprint density at radius 1 is 1.10 bits per heavy atom. The molecule has 0 spiro atoms. The van der Waals surface area contributed by atoms with E-state index in [1.807, 2.05) is 0 Å². The summed E-state index contributed by atoms with van der Waals surface area (Å²) in [7, 11) is 0. The quantitative estimate of drug-likeness (QED) is 0.896. The van der Waals surface area contributed by atoms with E-state index >= 15 is 0 Å². The van der Waals surface area contributed by atoms with Crippen LogP contribution in [0.5, 0.6) is 0 Å². The number of nitrogens with zero attached hydrogens (tertiary/aromatic N) is 3. The molecule has 0 amide bonds. The van der Waals surface area contributed by atoms with Gasteiger partial charge in [-0.05, 0) is 38.5 Å². The van der Waals surface area contributed by atoms with Crippen molar-refractivity contribution in [3.05, 3.63) is 11.6 Å². The number of hydrogen-bond acceptors (Lipinski definition) is 4. The summed E-state index contributed by atoms with van der Waals surface area (Å²) < 4.78 is 8.36. The highest BCUT2D eigenvalue weighted by Crippen LogP contribution is 2.44. The molecule has 5 atom stereocenters. The van der Waals surface area contributed by atoms with Crippen LogP contribution in [0.1, 0.15) is 57.2 Å². The highest BCUT2D eigenvalue weighted by molar-refractivity contribution is 5.14. The molecule has 1 aromatic heterocycles. The average Bonchev–Trinajstić information content (AvgIpc) is 3.14. The summed E-state index contributed by atoms with van der Waals surface area (Å²) in [4.78, 5) is 0. The van der Waals surface area contributed by atoms with Gasteiger partial charge in [-0.2, -0.15) is 0 Å². The fourth-order valence-corrected chi connectivity index (χ4v) is 3.98. The maximum atomic E-state index is 5.99. The molecule has 2 fully saturated rings. The third-order valence-electron chi connectivity index (χ3n) is 5.42. The lowest BCUT2D eigenvalue weighted by Gasteiger charge is -2.27. The fourth-order valence-electron chi connectivity index (χ4n) is 3.98. The SMILES string of the molecule is CC1OC(C)C(c2nnc3n2CCNC3C2CC2)C1C. The zero-order chi connectivity index (χ0) is 13.9. The number of nitrogens with one attached hydrogen (secondary N) is 1. The molecule has 20 heavy (non-hydrogen) atoms. The first-order valence-corrected chi connectivity index (χ1v) is 7.98. The van der Waals surface area contributed by atoms with E-state index in [1.165, 1.54) is 12.8 Å². The monoisotopic (exact) mass is 276 g/mol. The third kappa shape index (κ3) is 1.83. The highest BCUT2D eigenvalue weighted by Gasteiger charge is 2.43. The van der Waals surface area contributed by atoms with E-state index in [-0.39, 0.29) is 6.10 Å². The van der Waals surface area contributed by atoms with Crippen molar-refractivity contribution in [1.29, 1.82) is 0 Å². The van der Waals surface area contributed by atoms with Crippen LogP contribution in [-0.2, 0) is 11.3 Å². The molecule has 5 nitrogen and oxygen atoms in total. The molecule has 1 N–H and O–H groups in total. The first kappa shape index (κ1) is 12.8. The Labute approximate surface area is 120 Å². The number of aromatic nitrogens is 3. The molecule has 5 heteroatoms. The molecule has 1 saturated heterocycles. The van der Waals surface area contributed by atoms with Gasteiger partial charge in [-0.3, -0.25) is 0 Å². The second kappa shape index (κ2) is 4.53. The summed E-state index contributed by atoms with van der Waals surface area (Å²) >= 11 is 0. The Bertz CT molecular complexity index is 510. The number of hydrogen-bond donors (Lipinski definition) is 1. The Kier molecular flexibility index (Phi) is 2.89. The van der Waals surface area contributed by atoms with Gasteiger partial charge in [0.05, 0.1) is 24.2 Å². The second-order valence-electron chi connectivity index (χ2n) is 6.77. The number of fused-ring (bicyclic) bond motifs is 1. The molecule has 0 bridgehead atoms. The van der Waals surface area contributed by atoms with Gasteiger partial charge in [0.25, 0.3) is 0 Å². The summed E-state index contributed by atoms with van der Waals surface area (Å²) in [5.41, 5.74) is 0. The van der Waals surface area contributed by atoms with Crippen LogP contribution in [0.15, 0.2) is 0 Å². The predicted octanol–water partition coefficient (Wildman–Crippen LogP) is 1.86. The summed E-state index contributed by atoms with van der Waals surface area (Å²) in [5, 5.41) is 12.7. The third-order valence-corrected chi connectivity index (χ3v) is 5.42. The lowest BCUT2D eigenvalue weighted by atomic mass is 9.88. The molecular weight excluding hydrogens is 252 g/mol. The molecule has 3 aliphatic rings. The minimum absolute atomic E-state index is 0.238. The van der Waals surface area contributed by atoms with Crippen molar-refractivity contribution in [2.24, 2.45) is 11.8 Å². The molecule has 1 aromatic rings. The van der Waals surface area contributed by atoms with Crippen LogP contribution in [0.25, 0.3) is 0 Å². The van der Waals surface area contributed by atoms with E-state index in [9.17, 15) is 0 Å². The maximum Gasteiger partial charge on any atom is 0.150 e. The normalized spacial score (nSPS) is 40.9. The first-order chi connectivity index (χ1) is 9.66. The molecule has 4 rings (SSSR count). The summed E-state index contributed by atoms with van der Waals surface area (Å²) in [6, 6.07) is 0.426. The molecule has 0 radical (unpaired) electrons. The summed E-state index contributed by atoms with van der Waals surface area (Å²) in [6.45, 7) is 8.64. The molecule has 110 valence electrons. The highest BCUT2D eigenvalue weighted by atomic mass is 16.5. The van der Waals surface area contributed by atoms with Crippen molar-refractivity contribution in [3.8, 4) is 0 Å². The largest absolute Gasteiger partial charge is 0.374 e. The lowest BCUT2D eigenvalue weighted by molar-refractivity contribution is 0.0551. The second-order valence-corrected chi connectivity index (χ2v) is 6.77. The Balaban J connectivity index is 1.70. The average molecular weight is 276 g/mol. The molecule has 1 saturated carbocycles. The van der Waals surface area contributed by atoms with Gasteiger partial charge in [0.15, 0.2) is 5.82 Å². The fraction of sp³-hybridized carbons (Fsp3) is 0.867. The minimum atomic E-state index is 0.238. The van der Waals surface area contributed by atoms with Gasteiger partial charge in [-0.25, -0.2) is 0 Å². The van der Waals surface area contributed by atoms with Crippen molar-refractivity contribution in [1.82, 2.24) is 20.1 Å². The van der Waals surface area contributed by atoms with Gasteiger partial charge in [0, 0.05) is 13.1 Å². The Hall–Kier alpha value is -0.940. The number of rotatable bonds is 2. The minimum Gasteiger partial charge on any atom is -0.374 e. The van der Waals surface area contributed by atoms with Gasteiger partial charge in [0.1, 0.15) is 5.82 Å². The Morgan fingerprint density at radius 2 is 1.85 bits per heavy atom. The van der Waals surface area contributed by atoms with Gasteiger partial charge in [-0.1, -0.05) is 6.92 Å². The van der Waals surface area contributed by atoms with E-state index in [2.05, 4.69) is 40.9 Å². The van der Waals surface area contributed by atoms with Crippen molar-refractivity contribution in [3.63, 3.8) is 0 Å². The summed E-state index contributed by atoms with van der Waals surface area (Å²) in [6.07, 6.45) is 3.21. The van der Waals surface area contributed by atoms with Crippen molar-refractivity contribution >= 4 is 0 Å². The molecule has 5 unspecified atom stereocenters. The molecule has 2 aliphatic heterocycles. The van der Waals surface area contributed by atoms with Crippen LogP contribution < -0.4 is 5.32 Å². The van der Waals surface area contributed by atoms with Gasteiger partial charge >= 0.3 is 0 Å². The molecule has 0 aromatic carbocycles. The Morgan fingerprint density at radius 3 is 2.50 bits per heavy atom. The van der Waals surface area contributed by atoms with Crippen LogP contribution in [0.3, 0.4) is 0 Å². The van der Waals surface area contributed by atoms with E-state index in [0.29, 0.717) is 24.0 Å². The zero-order valence-corrected chi connectivity index (χ0v) is 12.5. The van der Waals surface area contributed by atoms with E-state index in [4.69, 9.17) is 4.74 Å². The smallest absolute Gasteiger partial charge is 0.150 e. The molecule has 3 heterocycles. The van der Waals surface area contributed by atoms with Crippen LogP contribution >= 0.6 is 0 Å². The van der Waals surface area contributed by atoms with Crippen molar-refractivity contribution < 1.29 is 4.74 Å². The van der Waals surface area contributed by atoms with Gasteiger partial charge in [-0.15, -0.1) is 10.2 Å². The predicted molar refractivity (Wildman–Crippen MR) is 75.4 cm³/mol. The van der Waals surface area contributed by atoms with Crippen molar-refractivity contribution in [2.75, 3.05) is 6.54 Å². The zero-order valence-electron chi connectivity index (χ0n) is 12.5. The first-order valence-electron chi connectivity index (χ1n) is 7.98. The van der Waals surface area contributed by atoms with Crippen LogP contribution in [0.2, 0.25) is 0 Å². The maximum absolute atomic E-state index is 5.99. The summed E-state index contributed by atoms with van der Waals surface area (Å²) in [5.74, 6) is 3.97. The van der Waals surface area contributed by atoms with Crippen molar-refractivity contribution in [2.45, 2.75) is 64.3 Å². The van der Waals surface area contributed by atoms with Crippen LogP contribution in [-0.4, -0.2) is 33.5 Å². The lowest BCUT2D eigenvalue weighted by Crippen LogP contribution is -2.36. The van der Waals surface area contributed by atoms with Gasteiger partial charge in [0.2, 0.25) is 0 Å². The number of ether oxygens (including phenoxy) is 1. The molecular formula is C15H24N4O. The van der Waals surface area contributed by atoms with Gasteiger partial charge < -0.3 is 14.6 Å². The molecule has 1 aliphatic carbocycles. The standard InChI is InChI=1S/C15H24N4O/c1-8-9(2)20-10(3)12(8)14-17-18-15-13(11-4-5-11)16-6-7-19(14)15/h8-13,16H,4-7H2,1-3H3. The van der Waals surface area contributed by atoms with Crippen LogP contribution in [0.4, 0.5) is 0 Å². The van der Waals surface area contributed by atoms with Crippen LogP contribution in [0, 0.1) is 11.8 Å². The van der Waals surface area contributed by atoms with E-state index in [0.717, 1.165) is 30.7 Å². The van der Waals surface area contributed by atoms with E-state index < -0.39 is 0 Å².